The Morgan fingerprint density at radius 2 is 1.68 bits per heavy atom. The molecule has 0 aliphatic carbocycles. The van der Waals surface area contributed by atoms with E-state index >= 15 is 0 Å². The molecule has 0 bridgehead atoms. The average molecular weight is 411 g/mol. The number of hydrogen-bond acceptors (Lipinski definition) is 5. The van der Waals surface area contributed by atoms with Crippen molar-refractivity contribution in [3.05, 3.63) is 29.8 Å². The molecule has 28 heavy (non-hydrogen) atoms. The Balaban J connectivity index is 2.11. The van der Waals surface area contributed by atoms with Crippen molar-refractivity contribution in [2.75, 3.05) is 37.3 Å². The van der Waals surface area contributed by atoms with E-state index in [9.17, 15) is 18.0 Å². The molecule has 2 rings (SSSR count). The summed E-state index contributed by atoms with van der Waals surface area (Å²) in [6.45, 7) is 6.82. The largest absolute Gasteiger partial charge is 0.469 e. The molecule has 0 radical (unpaired) electrons. The van der Waals surface area contributed by atoms with Gasteiger partial charge in [-0.3, -0.25) is 13.9 Å². The molecule has 1 aliphatic heterocycles. The van der Waals surface area contributed by atoms with Gasteiger partial charge in [0, 0.05) is 13.1 Å². The van der Waals surface area contributed by atoms with E-state index in [4.69, 9.17) is 4.74 Å². The van der Waals surface area contributed by atoms with E-state index in [2.05, 4.69) is 20.8 Å². The summed E-state index contributed by atoms with van der Waals surface area (Å²) < 4.78 is 30.5. The van der Waals surface area contributed by atoms with Crippen molar-refractivity contribution in [3.8, 4) is 0 Å². The lowest BCUT2D eigenvalue weighted by Crippen LogP contribution is -2.46. The third-order valence-corrected chi connectivity index (χ3v) is 6.22. The maximum atomic E-state index is 12.7. The molecular weight excluding hydrogens is 380 g/mol. The Morgan fingerprint density at radius 3 is 2.11 bits per heavy atom. The van der Waals surface area contributed by atoms with Gasteiger partial charge in [0.15, 0.2) is 0 Å². The zero-order valence-corrected chi connectivity index (χ0v) is 18.1. The van der Waals surface area contributed by atoms with Gasteiger partial charge in [-0.05, 0) is 36.0 Å². The number of carbonyl (C=O) groups excluding carboxylic acids is 2. The molecule has 1 aliphatic rings. The zero-order chi connectivity index (χ0) is 21.1. The first-order valence-electron chi connectivity index (χ1n) is 9.37. The molecule has 1 fully saturated rings. The molecule has 0 N–H and O–H groups in total. The predicted octanol–water partition coefficient (Wildman–Crippen LogP) is 2.16. The minimum Gasteiger partial charge on any atom is -0.469 e. The van der Waals surface area contributed by atoms with Crippen molar-refractivity contribution in [2.45, 2.75) is 39.0 Å². The maximum absolute atomic E-state index is 12.7. The van der Waals surface area contributed by atoms with E-state index in [-0.39, 0.29) is 29.8 Å². The van der Waals surface area contributed by atoms with E-state index in [0.29, 0.717) is 31.6 Å². The highest BCUT2D eigenvalue weighted by molar-refractivity contribution is 7.92. The second-order valence-corrected chi connectivity index (χ2v) is 10.2. The van der Waals surface area contributed by atoms with Crippen LogP contribution in [0, 0.1) is 5.92 Å². The highest BCUT2D eigenvalue weighted by Gasteiger charge is 2.30. The highest BCUT2D eigenvalue weighted by atomic mass is 32.2. The van der Waals surface area contributed by atoms with Crippen LogP contribution in [0.25, 0.3) is 0 Å². The van der Waals surface area contributed by atoms with E-state index < -0.39 is 10.0 Å². The number of hydrogen-bond donors (Lipinski definition) is 0. The van der Waals surface area contributed by atoms with Crippen molar-refractivity contribution in [1.82, 2.24) is 4.90 Å². The molecule has 0 spiro atoms. The quantitative estimate of drug-likeness (QED) is 0.695. The number of methoxy groups -OCH3 is 1. The van der Waals surface area contributed by atoms with Crippen molar-refractivity contribution in [1.29, 1.82) is 0 Å². The second-order valence-electron chi connectivity index (χ2n) is 8.24. The number of ether oxygens (including phenoxy) is 1. The van der Waals surface area contributed by atoms with Crippen LogP contribution in [-0.2, 0) is 29.8 Å². The number of nitrogens with zero attached hydrogens (tertiary/aromatic N) is 2. The summed E-state index contributed by atoms with van der Waals surface area (Å²) in [6.07, 6.45) is 2.15. The molecule has 0 unspecified atom stereocenters. The zero-order valence-electron chi connectivity index (χ0n) is 17.3. The highest BCUT2D eigenvalue weighted by Crippen LogP contribution is 2.26. The molecule has 0 aromatic heterocycles. The van der Waals surface area contributed by atoms with Crippen LogP contribution in [0.3, 0.4) is 0 Å². The van der Waals surface area contributed by atoms with Crippen LogP contribution < -0.4 is 4.31 Å². The third kappa shape index (κ3) is 5.47. The fraction of sp³-hybridized carbons (Fsp3) is 0.600. The summed E-state index contributed by atoms with van der Waals surface area (Å²) in [5.41, 5.74) is 1.50. The maximum Gasteiger partial charge on any atom is 0.308 e. The summed E-state index contributed by atoms with van der Waals surface area (Å²) in [4.78, 5) is 25.9. The topological polar surface area (TPSA) is 84.0 Å². The molecule has 0 saturated carbocycles. The molecule has 8 heteroatoms. The van der Waals surface area contributed by atoms with Gasteiger partial charge in [0.1, 0.15) is 6.54 Å². The van der Waals surface area contributed by atoms with E-state index in [0.717, 1.165) is 16.1 Å². The Hall–Kier alpha value is -2.09. The van der Waals surface area contributed by atoms with Crippen LogP contribution in [0.15, 0.2) is 24.3 Å². The fourth-order valence-electron chi connectivity index (χ4n) is 3.28. The van der Waals surface area contributed by atoms with Crippen molar-refractivity contribution in [3.63, 3.8) is 0 Å². The van der Waals surface area contributed by atoms with Gasteiger partial charge < -0.3 is 9.64 Å². The number of carbonyl (C=O) groups is 2. The van der Waals surface area contributed by atoms with Crippen LogP contribution in [0.1, 0.15) is 39.2 Å². The number of benzene rings is 1. The first-order valence-corrected chi connectivity index (χ1v) is 11.2. The van der Waals surface area contributed by atoms with Gasteiger partial charge in [0.05, 0.1) is 25.0 Å². The van der Waals surface area contributed by atoms with E-state index in [1.54, 1.807) is 17.0 Å². The van der Waals surface area contributed by atoms with Crippen molar-refractivity contribution < 1.29 is 22.7 Å². The molecule has 1 heterocycles. The monoisotopic (exact) mass is 410 g/mol. The normalized spacial score (nSPS) is 16.0. The first-order chi connectivity index (χ1) is 12.9. The lowest BCUT2D eigenvalue weighted by Gasteiger charge is -2.32. The standard InChI is InChI=1S/C20H30N2O5S/c1-20(2,3)16-6-8-17(9-7-16)22(28(5,25)26)14-18(23)21-12-10-15(11-13-21)19(24)27-4/h6-9,15H,10-14H2,1-5H3. The van der Waals surface area contributed by atoms with Crippen molar-refractivity contribution in [2.24, 2.45) is 5.92 Å². The van der Waals surface area contributed by atoms with Gasteiger partial charge in [0.25, 0.3) is 0 Å². The summed E-state index contributed by atoms with van der Waals surface area (Å²) in [5, 5.41) is 0. The molecule has 1 aromatic carbocycles. The molecule has 7 nitrogen and oxygen atoms in total. The number of amides is 1. The van der Waals surface area contributed by atoms with E-state index in [1.165, 1.54) is 7.11 Å². The Kier molecular flexibility index (Phi) is 6.75. The van der Waals surface area contributed by atoms with E-state index in [1.807, 2.05) is 12.1 Å². The Labute approximate surface area is 167 Å². The number of likely N-dealkylation sites (tertiary alicyclic amines) is 1. The van der Waals surface area contributed by atoms with Crippen LogP contribution in [0.2, 0.25) is 0 Å². The summed E-state index contributed by atoms with van der Waals surface area (Å²) in [6, 6.07) is 7.25. The smallest absolute Gasteiger partial charge is 0.308 e. The van der Waals surface area contributed by atoms with Gasteiger partial charge in [-0.2, -0.15) is 0 Å². The second kappa shape index (κ2) is 8.51. The van der Waals surface area contributed by atoms with Gasteiger partial charge in [0.2, 0.25) is 15.9 Å². The fourth-order valence-corrected chi connectivity index (χ4v) is 4.13. The van der Waals surface area contributed by atoms with Gasteiger partial charge in [-0.25, -0.2) is 8.42 Å². The Bertz CT molecular complexity index is 804. The van der Waals surface area contributed by atoms with Crippen LogP contribution in [-0.4, -0.2) is 58.2 Å². The minimum atomic E-state index is -3.62. The number of sulfonamides is 1. The first kappa shape index (κ1) is 22.2. The van der Waals surface area contributed by atoms with Gasteiger partial charge in [-0.1, -0.05) is 32.9 Å². The summed E-state index contributed by atoms with van der Waals surface area (Å²) in [5.74, 6) is -0.734. The number of esters is 1. The predicted molar refractivity (Wildman–Crippen MR) is 109 cm³/mol. The van der Waals surface area contributed by atoms with Gasteiger partial charge >= 0.3 is 5.97 Å². The van der Waals surface area contributed by atoms with Gasteiger partial charge in [-0.15, -0.1) is 0 Å². The molecule has 156 valence electrons. The minimum absolute atomic E-state index is 0.0474. The number of piperidine rings is 1. The van der Waals surface area contributed by atoms with Crippen LogP contribution in [0.4, 0.5) is 5.69 Å². The Morgan fingerprint density at radius 1 is 1.14 bits per heavy atom. The molecule has 0 atom stereocenters. The number of anilines is 1. The average Bonchev–Trinajstić information content (AvgIpc) is 2.64. The SMILES string of the molecule is COC(=O)C1CCN(C(=O)CN(c2ccc(C(C)(C)C)cc2)S(C)(=O)=O)CC1. The van der Waals surface area contributed by atoms with Crippen molar-refractivity contribution >= 4 is 27.6 Å². The lowest BCUT2D eigenvalue weighted by atomic mass is 9.87. The van der Waals surface area contributed by atoms with Crippen LogP contribution in [0.5, 0.6) is 0 Å². The third-order valence-electron chi connectivity index (χ3n) is 5.08. The molecule has 1 aromatic rings. The number of rotatable bonds is 5. The lowest BCUT2D eigenvalue weighted by molar-refractivity contribution is -0.148. The molecular formula is C20H30N2O5S. The molecule has 1 amide bonds. The van der Waals surface area contributed by atoms with Crippen LogP contribution >= 0.6 is 0 Å². The summed E-state index contributed by atoms with van der Waals surface area (Å²) in [7, 11) is -2.26. The molecule has 1 saturated heterocycles. The summed E-state index contributed by atoms with van der Waals surface area (Å²) >= 11 is 0.